The van der Waals surface area contributed by atoms with Gasteiger partial charge in [-0.3, -0.25) is 0 Å². The zero-order valence-electron chi connectivity index (χ0n) is 15.6. The molecule has 3 nitrogen and oxygen atoms in total. The minimum atomic E-state index is -0.234. The molecule has 4 rings (SSSR count). The summed E-state index contributed by atoms with van der Waals surface area (Å²) < 4.78 is 11.3. The number of hydrogen-bond donors (Lipinski definition) is 0. The van der Waals surface area contributed by atoms with Crippen molar-refractivity contribution in [3.05, 3.63) is 60.3 Å². The maximum absolute atomic E-state index is 5.67. The van der Waals surface area contributed by atoms with E-state index in [1.54, 1.807) is 11.3 Å². The van der Waals surface area contributed by atoms with Gasteiger partial charge in [-0.1, -0.05) is 50.2 Å². The molecule has 1 fully saturated rings. The molecule has 0 unspecified atom stereocenters. The van der Waals surface area contributed by atoms with Crippen molar-refractivity contribution in [3.8, 4) is 21.0 Å². The average Bonchev–Trinajstić information content (AvgIpc) is 3.19. The number of rotatable bonds is 5. The van der Waals surface area contributed by atoms with Gasteiger partial charge in [0, 0.05) is 27.5 Å². The highest BCUT2D eigenvalue weighted by molar-refractivity contribution is 7.99. The lowest BCUT2D eigenvalue weighted by atomic mass is 10.1. The summed E-state index contributed by atoms with van der Waals surface area (Å²) in [5, 5.41) is 1.63. The Kier molecular flexibility index (Phi) is 5.93. The highest BCUT2D eigenvalue weighted by Crippen LogP contribution is 2.34. The fourth-order valence-electron chi connectivity index (χ4n) is 2.97. The third-order valence-corrected chi connectivity index (χ3v) is 6.38. The minimum absolute atomic E-state index is 0.234. The highest BCUT2D eigenvalue weighted by atomic mass is 32.2. The van der Waals surface area contributed by atoms with Crippen LogP contribution in [0.1, 0.15) is 32.1 Å². The van der Waals surface area contributed by atoms with Crippen LogP contribution in [-0.2, 0) is 9.47 Å². The Labute approximate surface area is 168 Å². The Morgan fingerprint density at radius 3 is 2.30 bits per heavy atom. The quantitative estimate of drug-likeness (QED) is 0.465. The van der Waals surface area contributed by atoms with Gasteiger partial charge >= 0.3 is 0 Å². The van der Waals surface area contributed by atoms with Crippen LogP contribution < -0.4 is 0 Å². The van der Waals surface area contributed by atoms with E-state index in [1.807, 2.05) is 18.0 Å². The number of nitrogens with zero attached hydrogens (tertiary/aromatic N) is 1. The number of ether oxygens (including phenoxy) is 2. The van der Waals surface area contributed by atoms with Gasteiger partial charge < -0.3 is 9.47 Å². The molecular formula is C22H23NO2S2. The smallest absolute Gasteiger partial charge is 0.183 e. The molecule has 1 aliphatic rings. The Morgan fingerprint density at radius 2 is 1.63 bits per heavy atom. The van der Waals surface area contributed by atoms with Gasteiger partial charge in [-0.15, -0.1) is 23.1 Å². The Morgan fingerprint density at radius 1 is 0.963 bits per heavy atom. The van der Waals surface area contributed by atoms with E-state index >= 15 is 0 Å². The molecule has 3 aromatic rings. The van der Waals surface area contributed by atoms with Crippen molar-refractivity contribution in [2.75, 3.05) is 13.2 Å². The van der Waals surface area contributed by atoms with Crippen LogP contribution in [0.2, 0.25) is 0 Å². The maximum Gasteiger partial charge on any atom is 0.183 e. The molecule has 1 saturated heterocycles. The van der Waals surface area contributed by atoms with Crippen molar-refractivity contribution in [1.82, 2.24) is 4.98 Å². The molecule has 2 heterocycles. The lowest BCUT2D eigenvalue weighted by Gasteiger charge is -2.23. The van der Waals surface area contributed by atoms with Crippen molar-refractivity contribution in [2.24, 2.45) is 0 Å². The first-order valence-electron chi connectivity index (χ1n) is 9.25. The van der Waals surface area contributed by atoms with E-state index in [1.165, 1.54) is 15.3 Å². The van der Waals surface area contributed by atoms with Gasteiger partial charge in [0.25, 0.3) is 0 Å². The van der Waals surface area contributed by atoms with Crippen molar-refractivity contribution in [3.63, 3.8) is 0 Å². The molecule has 0 amide bonds. The van der Waals surface area contributed by atoms with Crippen LogP contribution in [0, 0.1) is 0 Å². The van der Waals surface area contributed by atoms with Gasteiger partial charge in [-0.25, -0.2) is 4.98 Å². The van der Waals surface area contributed by atoms with E-state index in [-0.39, 0.29) is 6.29 Å². The highest BCUT2D eigenvalue weighted by Gasteiger charge is 2.16. The Hall–Kier alpha value is -1.66. The molecule has 2 aromatic carbocycles. The van der Waals surface area contributed by atoms with Gasteiger partial charge in [-0.05, 0) is 24.1 Å². The maximum atomic E-state index is 5.67. The van der Waals surface area contributed by atoms with Crippen LogP contribution >= 0.6 is 23.1 Å². The fraction of sp³-hybridized carbons (Fsp3) is 0.318. The molecular weight excluding hydrogens is 374 g/mol. The molecule has 0 bridgehead atoms. The summed E-state index contributed by atoms with van der Waals surface area (Å²) in [5.41, 5.74) is 3.40. The third kappa shape index (κ3) is 4.61. The zero-order chi connectivity index (χ0) is 18.6. The summed E-state index contributed by atoms with van der Waals surface area (Å²) in [6.07, 6.45) is 2.70. The van der Waals surface area contributed by atoms with E-state index in [2.05, 4.69) is 67.4 Å². The minimum Gasteiger partial charge on any atom is -0.348 e. The lowest BCUT2D eigenvalue weighted by Crippen LogP contribution is -2.17. The molecule has 1 aromatic heterocycles. The van der Waals surface area contributed by atoms with Crippen molar-refractivity contribution >= 4 is 23.1 Å². The van der Waals surface area contributed by atoms with Crippen LogP contribution in [0.5, 0.6) is 0 Å². The van der Waals surface area contributed by atoms with Gasteiger partial charge in [0.1, 0.15) is 5.01 Å². The first-order chi connectivity index (χ1) is 13.2. The summed E-state index contributed by atoms with van der Waals surface area (Å²) in [5.74, 6) is 0. The zero-order valence-corrected chi connectivity index (χ0v) is 17.2. The average molecular weight is 398 g/mol. The second-order valence-electron chi connectivity index (χ2n) is 6.77. The Bertz CT molecular complexity index is 866. The van der Waals surface area contributed by atoms with Crippen LogP contribution in [-0.4, -0.2) is 23.4 Å². The monoisotopic (exact) mass is 397 g/mol. The molecule has 5 heteroatoms. The summed E-state index contributed by atoms with van der Waals surface area (Å²) in [6, 6.07) is 17.1. The van der Waals surface area contributed by atoms with E-state index in [4.69, 9.17) is 9.47 Å². The SMILES string of the molecule is CC(C)Sc1ccc(-c2cnc(-c3ccc(C4OCCCO4)cc3)s2)cc1. The van der Waals surface area contributed by atoms with E-state index in [9.17, 15) is 0 Å². The summed E-state index contributed by atoms with van der Waals surface area (Å²) >= 11 is 3.60. The summed E-state index contributed by atoms with van der Waals surface area (Å²) in [6.45, 7) is 5.95. The second-order valence-corrected chi connectivity index (χ2v) is 9.45. The van der Waals surface area contributed by atoms with E-state index in [0.29, 0.717) is 5.25 Å². The molecule has 27 heavy (non-hydrogen) atoms. The largest absolute Gasteiger partial charge is 0.348 e. The van der Waals surface area contributed by atoms with Crippen molar-refractivity contribution in [1.29, 1.82) is 0 Å². The van der Waals surface area contributed by atoms with Crippen LogP contribution in [0.3, 0.4) is 0 Å². The van der Waals surface area contributed by atoms with Gasteiger partial charge in [0.2, 0.25) is 0 Å². The topological polar surface area (TPSA) is 31.4 Å². The first kappa shape index (κ1) is 18.7. The predicted octanol–water partition coefficient (Wildman–Crippen LogP) is 6.41. The lowest BCUT2D eigenvalue weighted by molar-refractivity contribution is -0.183. The number of thioether (sulfide) groups is 1. The third-order valence-electron chi connectivity index (χ3n) is 4.27. The number of aromatic nitrogens is 1. The summed E-state index contributed by atoms with van der Waals surface area (Å²) in [7, 11) is 0. The Balaban J connectivity index is 1.48. The number of hydrogen-bond acceptors (Lipinski definition) is 5. The van der Waals surface area contributed by atoms with Crippen LogP contribution in [0.4, 0.5) is 0 Å². The normalized spacial score (nSPS) is 15.4. The second kappa shape index (κ2) is 8.57. The molecule has 0 saturated carbocycles. The van der Waals surface area contributed by atoms with E-state index in [0.717, 1.165) is 35.8 Å². The molecule has 0 aliphatic carbocycles. The molecule has 0 radical (unpaired) electrons. The standard InChI is InChI=1S/C22H23NO2S2/c1-15(2)26-19-10-8-16(9-11-19)20-14-23-21(27-20)17-4-6-18(7-5-17)22-24-12-3-13-25-22/h4-11,14-15,22H,3,12-13H2,1-2H3. The molecule has 0 N–H and O–H groups in total. The summed E-state index contributed by atoms with van der Waals surface area (Å²) in [4.78, 5) is 7.12. The van der Waals surface area contributed by atoms with Crippen LogP contribution in [0.25, 0.3) is 21.0 Å². The van der Waals surface area contributed by atoms with Gasteiger partial charge in [0.05, 0.1) is 18.1 Å². The number of benzene rings is 2. The molecule has 140 valence electrons. The predicted molar refractivity (Wildman–Crippen MR) is 113 cm³/mol. The first-order valence-corrected chi connectivity index (χ1v) is 10.9. The van der Waals surface area contributed by atoms with Crippen molar-refractivity contribution < 1.29 is 9.47 Å². The fourth-order valence-corrected chi connectivity index (χ4v) is 4.74. The van der Waals surface area contributed by atoms with Gasteiger partial charge in [-0.2, -0.15) is 0 Å². The molecule has 0 atom stereocenters. The van der Waals surface area contributed by atoms with Gasteiger partial charge in [0.15, 0.2) is 6.29 Å². The molecule has 0 spiro atoms. The number of thiazole rings is 1. The van der Waals surface area contributed by atoms with Crippen LogP contribution in [0.15, 0.2) is 59.6 Å². The van der Waals surface area contributed by atoms with E-state index < -0.39 is 0 Å². The van der Waals surface area contributed by atoms with Crippen molar-refractivity contribution in [2.45, 2.75) is 36.7 Å². The molecule has 1 aliphatic heterocycles.